The molecule has 4 N–H and O–H groups in total. The van der Waals surface area contributed by atoms with Gasteiger partial charge in [0.05, 0.1) is 5.56 Å². The number of hydrazine groups is 1. The number of nitrogens with one attached hydrogen (secondary N) is 1. The minimum Gasteiger partial charge on any atom is -0.507 e. The molecule has 0 radical (unpaired) electrons. The SMILES string of the molecule is CCC[CH2][Sn]([Cl])([CH2]CCC)[CH2]CCC.NNC(=O)c1cc(Cl)ccc1O. The van der Waals surface area contributed by atoms with E-state index in [9.17, 15) is 4.79 Å². The maximum absolute atomic E-state index is 10.9. The zero-order chi connectivity index (χ0) is 20.0. The number of nitrogen functional groups attached to an aromatic ring is 1. The van der Waals surface area contributed by atoms with Gasteiger partial charge in [0.15, 0.2) is 0 Å². The number of phenolic OH excluding ortho intramolecular Hbond substituents is 1. The minimum absolute atomic E-state index is 0.0602. The van der Waals surface area contributed by atoms with Crippen molar-refractivity contribution in [3.8, 4) is 5.75 Å². The first-order valence-electron chi connectivity index (χ1n) is 9.51. The van der Waals surface area contributed by atoms with E-state index < -0.39 is 23.2 Å². The molecule has 0 bridgehead atoms. The van der Waals surface area contributed by atoms with Crippen LogP contribution in [0.2, 0.25) is 18.3 Å². The van der Waals surface area contributed by atoms with Crippen molar-refractivity contribution >= 4 is 43.7 Å². The molecule has 0 spiro atoms. The van der Waals surface area contributed by atoms with Crippen LogP contribution in [-0.2, 0) is 0 Å². The molecule has 1 aromatic carbocycles. The summed E-state index contributed by atoms with van der Waals surface area (Å²) in [5, 5.41) is 9.53. The summed E-state index contributed by atoms with van der Waals surface area (Å²) in [6.45, 7) is 6.84. The quantitative estimate of drug-likeness (QED) is 0.151. The topological polar surface area (TPSA) is 75.3 Å². The Morgan fingerprint density at radius 3 is 1.92 bits per heavy atom. The van der Waals surface area contributed by atoms with Gasteiger partial charge in [0.25, 0.3) is 5.91 Å². The van der Waals surface area contributed by atoms with Gasteiger partial charge in [-0.25, -0.2) is 5.84 Å². The van der Waals surface area contributed by atoms with Gasteiger partial charge in [0.1, 0.15) is 5.75 Å². The summed E-state index contributed by atoms with van der Waals surface area (Å²) in [5.74, 6) is 4.14. The van der Waals surface area contributed by atoms with Crippen molar-refractivity contribution in [3.05, 3.63) is 28.8 Å². The number of aromatic hydroxyl groups is 1. The van der Waals surface area contributed by atoms with Gasteiger partial charge in [-0.15, -0.1) is 0 Å². The van der Waals surface area contributed by atoms with Crippen LogP contribution in [0.4, 0.5) is 0 Å². The van der Waals surface area contributed by atoms with Crippen molar-refractivity contribution in [1.29, 1.82) is 0 Å². The Labute approximate surface area is 171 Å². The summed E-state index contributed by atoms with van der Waals surface area (Å²) in [7, 11) is 6.89. The van der Waals surface area contributed by atoms with Crippen LogP contribution in [0.3, 0.4) is 0 Å². The van der Waals surface area contributed by atoms with Gasteiger partial charge in [-0.1, -0.05) is 11.6 Å². The first-order valence-corrected chi connectivity index (χ1v) is 19.6. The Hall–Kier alpha value is -0.171. The average molecular weight is 512 g/mol. The Morgan fingerprint density at radius 1 is 1.08 bits per heavy atom. The number of carbonyl (C=O) groups is 1. The molecule has 0 aliphatic rings. The number of nitrogens with two attached hydrogens (primary N) is 1. The van der Waals surface area contributed by atoms with E-state index in [4.69, 9.17) is 31.5 Å². The summed E-state index contributed by atoms with van der Waals surface area (Å²) < 4.78 is 4.27. The standard InChI is InChI=1S/C7H7ClN2O2.3C4H9.ClH.Sn/c8-4-1-2-6(11)5(3-4)7(12)10-9;3*1-3-4-2;;/h1-3,11H,9H2,(H,10,12);3*1,3-4H2,2H3;1H;/q;;;;;+1/p-1. The number of phenols is 1. The molecule has 0 unspecified atom stereocenters. The second kappa shape index (κ2) is 14.8. The van der Waals surface area contributed by atoms with E-state index in [0.29, 0.717) is 5.02 Å². The maximum Gasteiger partial charge on any atom is 0.268 e. The fourth-order valence-corrected chi connectivity index (χ4v) is 16.1. The molecule has 26 heavy (non-hydrogen) atoms. The van der Waals surface area contributed by atoms with E-state index in [1.54, 1.807) is 0 Å². The van der Waals surface area contributed by atoms with E-state index in [1.807, 2.05) is 5.43 Å². The molecule has 0 aliphatic heterocycles. The number of benzene rings is 1. The van der Waals surface area contributed by atoms with Crippen molar-refractivity contribution in [2.24, 2.45) is 5.84 Å². The van der Waals surface area contributed by atoms with E-state index in [1.165, 1.54) is 70.0 Å². The largest absolute Gasteiger partial charge is 0.507 e. The van der Waals surface area contributed by atoms with Gasteiger partial charge in [-0.3, -0.25) is 10.2 Å². The Balaban J connectivity index is 0.000000485. The van der Waals surface area contributed by atoms with Crippen LogP contribution in [-0.4, -0.2) is 28.3 Å². The summed E-state index contributed by atoms with van der Waals surface area (Å²) in [5.41, 5.74) is 1.95. The third kappa shape index (κ3) is 10.9. The Morgan fingerprint density at radius 2 is 1.54 bits per heavy atom. The van der Waals surface area contributed by atoms with Gasteiger partial charge in [-0.2, -0.15) is 0 Å². The molecule has 0 heterocycles. The van der Waals surface area contributed by atoms with Gasteiger partial charge in [-0.05, 0) is 18.2 Å². The first-order chi connectivity index (χ1) is 12.3. The van der Waals surface area contributed by atoms with Gasteiger partial charge in [0, 0.05) is 5.02 Å². The summed E-state index contributed by atoms with van der Waals surface area (Å²) in [6, 6.07) is 4.14. The van der Waals surface area contributed by atoms with Crippen molar-refractivity contribution in [1.82, 2.24) is 5.43 Å². The predicted octanol–water partition coefficient (Wildman–Crippen LogP) is 6.22. The third-order valence-corrected chi connectivity index (χ3v) is 19.0. The molecule has 0 aromatic heterocycles. The van der Waals surface area contributed by atoms with Crippen molar-refractivity contribution in [2.75, 3.05) is 0 Å². The second-order valence-electron chi connectivity index (χ2n) is 6.60. The van der Waals surface area contributed by atoms with Crippen LogP contribution in [0.15, 0.2) is 18.2 Å². The number of hydrogen-bond acceptors (Lipinski definition) is 3. The number of carbonyl (C=O) groups excluding carboxylic acids is 1. The van der Waals surface area contributed by atoms with E-state index in [-0.39, 0.29) is 11.3 Å². The number of halogens is 2. The van der Waals surface area contributed by atoms with Gasteiger partial charge >= 0.3 is 98.8 Å². The molecular formula is C19H34Cl2N2O2Sn. The second-order valence-corrected chi connectivity index (χ2v) is 23.3. The molecule has 1 aromatic rings. The number of amides is 1. The molecule has 7 heteroatoms. The van der Waals surface area contributed by atoms with Crippen LogP contribution in [0.1, 0.15) is 69.7 Å². The number of unbranched alkanes of at least 4 members (excludes halogenated alkanes) is 3. The third-order valence-electron chi connectivity index (χ3n) is 4.27. The van der Waals surface area contributed by atoms with Crippen LogP contribution in [0, 0.1) is 0 Å². The minimum atomic E-state index is -2.09. The molecule has 0 fully saturated rings. The first kappa shape index (κ1) is 25.8. The van der Waals surface area contributed by atoms with Crippen LogP contribution < -0.4 is 11.3 Å². The molecular weight excluding hydrogens is 478 g/mol. The van der Waals surface area contributed by atoms with Crippen LogP contribution >= 0.6 is 20.5 Å². The molecule has 0 aliphatic carbocycles. The van der Waals surface area contributed by atoms with Crippen LogP contribution in [0.5, 0.6) is 5.75 Å². The van der Waals surface area contributed by atoms with Gasteiger partial charge < -0.3 is 5.11 Å². The van der Waals surface area contributed by atoms with E-state index in [0.717, 1.165) is 0 Å². The number of hydrogen-bond donors (Lipinski definition) is 3. The Bertz CT molecular complexity index is 508. The number of rotatable bonds is 10. The van der Waals surface area contributed by atoms with Gasteiger partial charge in [0.2, 0.25) is 0 Å². The maximum atomic E-state index is 10.9. The van der Waals surface area contributed by atoms with Crippen molar-refractivity contribution in [3.63, 3.8) is 0 Å². The molecule has 0 saturated carbocycles. The molecule has 4 nitrogen and oxygen atoms in total. The predicted molar refractivity (Wildman–Crippen MR) is 116 cm³/mol. The smallest absolute Gasteiger partial charge is 0.268 e. The normalized spacial score (nSPS) is 10.8. The van der Waals surface area contributed by atoms with Crippen LogP contribution in [0.25, 0.3) is 0 Å². The molecule has 1 rings (SSSR count). The zero-order valence-corrected chi connectivity index (χ0v) is 20.7. The van der Waals surface area contributed by atoms with Crippen molar-refractivity contribution < 1.29 is 9.90 Å². The van der Waals surface area contributed by atoms with E-state index >= 15 is 0 Å². The monoisotopic (exact) mass is 512 g/mol. The summed E-state index contributed by atoms with van der Waals surface area (Å²) in [4.78, 5) is 10.9. The molecule has 0 saturated heterocycles. The van der Waals surface area contributed by atoms with E-state index in [2.05, 4.69) is 20.8 Å². The average Bonchev–Trinajstić information content (AvgIpc) is 2.65. The fraction of sp³-hybridized carbons (Fsp3) is 0.632. The summed E-state index contributed by atoms with van der Waals surface area (Å²) >= 11 is 3.49. The zero-order valence-electron chi connectivity index (χ0n) is 16.3. The van der Waals surface area contributed by atoms with Crippen molar-refractivity contribution in [2.45, 2.75) is 72.6 Å². The Kier molecular flexibility index (Phi) is 14.7. The molecule has 150 valence electrons. The summed E-state index contributed by atoms with van der Waals surface area (Å²) in [6.07, 6.45) is 8.12. The fourth-order valence-electron chi connectivity index (χ4n) is 2.62. The molecule has 1 amide bonds. The molecule has 0 atom stereocenters.